The second kappa shape index (κ2) is 50.0. The van der Waals surface area contributed by atoms with Crippen LogP contribution in [0.1, 0.15) is 258 Å². The van der Waals surface area contributed by atoms with Gasteiger partial charge < -0.3 is 64.2 Å². The number of allylic oxidation sites excluding steroid dienone is 6. The number of aliphatic hydroxyl groups is 7. The lowest BCUT2D eigenvalue weighted by molar-refractivity contribution is -0.332. The van der Waals surface area contributed by atoms with Gasteiger partial charge in [0.1, 0.15) is 54.9 Å². The molecule has 14 nitrogen and oxygen atoms in total. The van der Waals surface area contributed by atoms with Crippen LogP contribution in [0, 0.1) is 0 Å². The molecule has 2 heterocycles. The molecule has 2 aliphatic heterocycles. The van der Waals surface area contributed by atoms with E-state index in [1.807, 2.05) is 0 Å². The van der Waals surface area contributed by atoms with Crippen molar-refractivity contribution in [2.24, 2.45) is 0 Å². The van der Waals surface area contributed by atoms with Crippen LogP contribution in [0.3, 0.4) is 0 Å². The second-order valence-corrected chi connectivity index (χ2v) is 22.2. The quantitative estimate of drug-likeness (QED) is 0.0172. The lowest BCUT2D eigenvalue weighted by Gasteiger charge is -2.42. The third-order valence-corrected chi connectivity index (χ3v) is 15.2. The first-order valence-corrected chi connectivity index (χ1v) is 31.6. The normalized spacial score (nSPS) is 24.5. The minimum atomic E-state index is -1.71. The zero-order valence-electron chi connectivity index (χ0n) is 48.7. The molecular formula is C63H116O14. The maximum Gasteiger partial charge on any atom is 0.306 e. The van der Waals surface area contributed by atoms with Gasteiger partial charge in [0.05, 0.1) is 26.4 Å². The number of carbonyl (C=O) groups is 1. The topological polar surface area (TPSA) is 214 Å². The van der Waals surface area contributed by atoms with E-state index in [4.69, 9.17) is 28.4 Å². The number of ether oxygens (including phenoxy) is 6. The molecule has 7 N–H and O–H groups in total. The Morgan fingerprint density at radius 1 is 0.429 bits per heavy atom. The SMILES string of the molecule is CCCCC/C=C\C/C=C\C/C=C\CCCCCCCCC(=O)OC(COCCCCCCCCCCCCCCCCCCCCCCCCCC)COC1OC(COC2OC(CO)C(O)C(O)C2O)C(O)C(O)C1O. The molecule has 0 radical (unpaired) electrons. The molecular weight excluding hydrogens is 981 g/mol. The van der Waals surface area contributed by atoms with Crippen LogP contribution in [0.25, 0.3) is 0 Å². The first-order chi connectivity index (χ1) is 37.6. The Labute approximate surface area is 468 Å². The van der Waals surface area contributed by atoms with Crippen molar-refractivity contribution in [1.29, 1.82) is 0 Å². The second-order valence-electron chi connectivity index (χ2n) is 22.2. The Bertz CT molecular complexity index is 1410. The lowest BCUT2D eigenvalue weighted by atomic mass is 9.98. The predicted molar refractivity (Wildman–Crippen MR) is 307 cm³/mol. The molecule has 11 unspecified atom stereocenters. The summed E-state index contributed by atoms with van der Waals surface area (Å²) in [5, 5.41) is 72.4. The molecule has 0 aromatic carbocycles. The molecule has 2 rings (SSSR count). The van der Waals surface area contributed by atoms with Crippen LogP contribution in [0.15, 0.2) is 36.5 Å². The molecule has 0 aromatic heterocycles. The van der Waals surface area contributed by atoms with E-state index in [1.165, 1.54) is 161 Å². The summed E-state index contributed by atoms with van der Waals surface area (Å²) in [6.45, 7) is 3.70. The van der Waals surface area contributed by atoms with E-state index in [2.05, 4.69) is 50.3 Å². The molecule has 452 valence electrons. The summed E-state index contributed by atoms with van der Waals surface area (Å²) in [5.74, 6) is -0.384. The van der Waals surface area contributed by atoms with Gasteiger partial charge in [0.2, 0.25) is 0 Å². The molecule has 0 bridgehead atoms. The van der Waals surface area contributed by atoms with Crippen molar-refractivity contribution in [3.8, 4) is 0 Å². The number of aliphatic hydroxyl groups excluding tert-OH is 7. The molecule has 2 saturated heterocycles. The van der Waals surface area contributed by atoms with Crippen molar-refractivity contribution in [3.63, 3.8) is 0 Å². The standard InChI is InChI=1S/C63H116O14/c1-3-5-7-9-11-13-15-17-19-21-23-24-25-26-27-29-31-33-35-37-39-41-43-45-47-72-49-52(75-55(65)46-44-42-40-38-36-34-32-30-28-22-20-18-16-14-12-10-8-6-4-2)50-73-62-61(71)59(69)57(67)54(77-62)51-74-63-60(70)58(68)56(66)53(48-64)76-63/h12,14,18,20,28,30,52-54,56-64,66-71H,3-11,13,15-17,19,21-27,29,31-51H2,1-2H3/b14-12-,20-18-,30-28-. The highest BCUT2D eigenvalue weighted by Crippen LogP contribution is 2.27. The fourth-order valence-corrected chi connectivity index (χ4v) is 10.1. The Balaban J connectivity index is 1.68. The molecule has 0 amide bonds. The average Bonchev–Trinajstić information content (AvgIpc) is 3.43. The molecule has 2 fully saturated rings. The number of carbonyl (C=O) groups excluding carboxylic acids is 1. The highest BCUT2D eigenvalue weighted by atomic mass is 16.7. The van der Waals surface area contributed by atoms with Crippen LogP contribution in [-0.2, 0) is 33.2 Å². The third kappa shape index (κ3) is 36.3. The van der Waals surface area contributed by atoms with E-state index in [9.17, 15) is 40.5 Å². The molecule has 14 heteroatoms. The lowest BCUT2D eigenvalue weighted by Crippen LogP contribution is -2.61. The molecule has 0 aliphatic carbocycles. The Kier molecular flexibility index (Phi) is 46.3. The maximum atomic E-state index is 13.1. The van der Waals surface area contributed by atoms with Crippen LogP contribution >= 0.6 is 0 Å². The summed E-state index contributed by atoms with van der Waals surface area (Å²) in [6.07, 6.45) is 43.5. The number of hydrogen-bond donors (Lipinski definition) is 7. The molecule has 2 aliphatic rings. The third-order valence-electron chi connectivity index (χ3n) is 15.2. The smallest absolute Gasteiger partial charge is 0.306 e. The number of unbranched alkanes of at least 4 members (excludes halogenated alkanes) is 32. The fraction of sp³-hybridized carbons (Fsp3) is 0.889. The van der Waals surface area contributed by atoms with E-state index in [0.29, 0.717) is 13.0 Å². The van der Waals surface area contributed by atoms with Gasteiger partial charge in [0.15, 0.2) is 12.6 Å². The predicted octanol–water partition coefficient (Wildman–Crippen LogP) is 12.1. The van der Waals surface area contributed by atoms with Crippen molar-refractivity contribution in [1.82, 2.24) is 0 Å². The van der Waals surface area contributed by atoms with E-state index >= 15 is 0 Å². The Morgan fingerprint density at radius 2 is 0.805 bits per heavy atom. The first-order valence-electron chi connectivity index (χ1n) is 31.6. The van der Waals surface area contributed by atoms with Crippen molar-refractivity contribution >= 4 is 5.97 Å². The summed E-state index contributed by atoms with van der Waals surface area (Å²) in [4.78, 5) is 13.1. The average molecular weight is 1100 g/mol. The van der Waals surface area contributed by atoms with Crippen molar-refractivity contribution < 1.29 is 69.0 Å². The molecule has 0 aromatic rings. The van der Waals surface area contributed by atoms with Gasteiger partial charge in [-0.3, -0.25) is 4.79 Å². The zero-order chi connectivity index (χ0) is 55.8. The van der Waals surface area contributed by atoms with E-state index in [1.54, 1.807) is 0 Å². The first kappa shape index (κ1) is 71.3. The molecule has 0 spiro atoms. The van der Waals surface area contributed by atoms with E-state index in [-0.39, 0.29) is 25.6 Å². The summed E-state index contributed by atoms with van der Waals surface area (Å²) >= 11 is 0. The van der Waals surface area contributed by atoms with E-state index < -0.39 is 80.7 Å². The highest BCUT2D eigenvalue weighted by molar-refractivity contribution is 5.69. The van der Waals surface area contributed by atoms with Crippen LogP contribution in [-0.4, -0.2) is 142 Å². The van der Waals surface area contributed by atoms with Crippen molar-refractivity contribution in [2.45, 2.75) is 325 Å². The van der Waals surface area contributed by atoms with Gasteiger partial charge in [-0.05, 0) is 51.4 Å². The van der Waals surface area contributed by atoms with Crippen LogP contribution < -0.4 is 0 Å². The number of rotatable bonds is 52. The Hall–Kier alpha value is -1.79. The van der Waals surface area contributed by atoms with Gasteiger partial charge in [0, 0.05) is 13.0 Å². The number of hydrogen-bond acceptors (Lipinski definition) is 14. The molecule has 77 heavy (non-hydrogen) atoms. The summed E-state index contributed by atoms with van der Waals surface area (Å²) in [6, 6.07) is 0. The fourth-order valence-electron chi connectivity index (χ4n) is 10.1. The summed E-state index contributed by atoms with van der Waals surface area (Å²) < 4.78 is 34.5. The van der Waals surface area contributed by atoms with Crippen molar-refractivity contribution in [3.05, 3.63) is 36.5 Å². The van der Waals surface area contributed by atoms with Crippen LogP contribution in [0.4, 0.5) is 0 Å². The minimum Gasteiger partial charge on any atom is -0.457 e. The van der Waals surface area contributed by atoms with Gasteiger partial charge in [-0.2, -0.15) is 0 Å². The summed E-state index contributed by atoms with van der Waals surface area (Å²) in [5.41, 5.74) is 0. The molecule has 0 saturated carbocycles. The van der Waals surface area contributed by atoms with Gasteiger partial charge in [-0.1, -0.05) is 237 Å². The van der Waals surface area contributed by atoms with Crippen LogP contribution in [0.2, 0.25) is 0 Å². The van der Waals surface area contributed by atoms with Crippen molar-refractivity contribution in [2.75, 3.05) is 33.0 Å². The summed E-state index contributed by atoms with van der Waals surface area (Å²) in [7, 11) is 0. The van der Waals surface area contributed by atoms with Gasteiger partial charge in [-0.15, -0.1) is 0 Å². The molecule has 11 atom stereocenters. The zero-order valence-corrected chi connectivity index (χ0v) is 48.7. The minimum absolute atomic E-state index is 0.0595. The van der Waals surface area contributed by atoms with Gasteiger partial charge >= 0.3 is 5.97 Å². The monoisotopic (exact) mass is 1100 g/mol. The van der Waals surface area contributed by atoms with Gasteiger partial charge in [-0.25, -0.2) is 0 Å². The maximum absolute atomic E-state index is 13.1. The number of esters is 1. The van der Waals surface area contributed by atoms with Crippen LogP contribution in [0.5, 0.6) is 0 Å². The largest absolute Gasteiger partial charge is 0.457 e. The Morgan fingerprint density at radius 3 is 1.29 bits per heavy atom. The highest BCUT2D eigenvalue weighted by Gasteiger charge is 2.47. The van der Waals surface area contributed by atoms with Gasteiger partial charge in [0.25, 0.3) is 0 Å². The van der Waals surface area contributed by atoms with E-state index in [0.717, 1.165) is 70.6 Å².